The van der Waals surface area contributed by atoms with Crippen molar-refractivity contribution >= 4 is 5.97 Å². The number of nitrogens with one attached hydrogen (secondary N) is 1. The van der Waals surface area contributed by atoms with Crippen LogP contribution in [0.25, 0.3) is 0 Å². The number of carbonyl (C=O) groups excluding carboxylic acids is 1. The van der Waals surface area contributed by atoms with E-state index < -0.39 is 0 Å². The van der Waals surface area contributed by atoms with Crippen molar-refractivity contribution < 1.29 is 9.53 Å². The summed E-state index contributed by atoms with van der Waals surface area (Å²) in [5.41, 5.74) is 3.01. The highest BCUT2D eigenvalue weighted by Gasteiger charge is 2.04. The number of rotatable bonds is 6. The topological polar surface area (TPSA) is 43.3 Å². The standard InChI is InChI=1S/C16H20N2O2/c1-3-17-10-14-8-9-18(12-14)11-13-4-6-15(7-5-13)16(19)20-2/h4-9,12,17H,3,10-11H2,1-2H3. The van der Waals surface area contributed by atoms with Gasteiger partial charge in [0.1, 0.15) is 0 Å². The number of methoxy groups -OCH3 is 1. The van der Waals surface area contributed by atoms with Crippen molar-refractivity contribution in [3.63, 3.8) is 0 Å². The van der Waals surface area contributed by atoms with Crippen molar-refractivity contribution in [1.82, 2.24) is 9.88 Å². The predicted molar refractivity (Wildman–Crippen MR) is 78.7 cm³/mol. The number of nitrogens with zero attached hydrogens (tertiary/aromatic N) is 1. The minimum absolute atomic E-state index is 0.301. The van der Waals surface area contributed by atoms with Crippen molar-refractivity contribution in [1.29, 1.82) is 0 Å². The van der Waals surface area contributed by atoms with Crippen LogP contribution in [-0.4, -0.2) is 24.2 Å². The summed E-state index contributed by atoms with van der Waals surface area (Å²) >= 11 is 0. The van der Waals surface area contributed by atoms with Crippen LogP contribution in [0.3, 0.4) is 0 Å². The molecule has 2 aromatic rings. The highest BCUT2D eigenvalue weighted by Crippen LogP contribution is 2.09. The highest BCUT2D eigenvalue weighted by molar-refractivity contribution is 5.89. The molecule has 1 N–H and O–H groups in total. The molecule has 1 aromatic carbocycles. The van der Waals surface area contributed by atoms with Crippen LogP contribution in [0.1, 0.15) is 28.4 Å². The molecule has 2 rings (SSSR count). The first-order valence-corrected chi connectivity index (χ1v) is 6.75. The predicted octanol–water partition coefficient (Wildman–Crippen LogP) is 2.43. The number of aromatic nitrogens is 1. The van der Waals surface area contributed by atoms with Crippen LogP contribution >= 0.6 is 0 Å². The summed E-state index contributed by atoms with van der Waals surface area (Å²) in [5.74, 6) is -0.301. The van der Waals surface area contributed by atoms with Crippen molar-refractivity contribution in [2.24, 2.45) is 0 Å². The van der Waals surface area contributed by atoms with E-state index in [-0.39, 0.29) is 5.97 Å². The Morgan fingerprint density at radius 2 is 1.95 bits per heavy atom. The Balaban J connectivity index is 1.99. The molecule has 4 heteroatoms. The molecule has 0 aliphatic heterocycles. The lowest BCUT2D eigenvalue weighted by Gasteiger charge is -2.05. The molecule has 0 atom stereocenters. The second-order valence-corrected chi connectivity index (χ2v) is 4.66. The van der Waals surface area contributed by atoms with Gasteiger partial charge in [0.05, 0.1) is 12.7 Å². The van der Waals surface area contributed by atoms with E-state index in [0.29, 0.717) is 5.56 Å². The van der Waals surface area contributed by atoms with Gasteiger partial charge in [0, 0.05) is 25.5 Å². The van der Waals surface area contributed by atoms with E-state index in [0.717, 1.165) is 25.2 Å². The zero-order valence-electron chi connectivity index (χ0n) is 11.9. The van der Waals surface area contributed by atoms with E-state index in [2.05, 4.69) is 40.0 Å². The molecule has 1 aromatic heterocycles. The molecule has 0 radical (unpaired) electrons. The fraction of sp³-hybridized carbons (Fsp3) is 0.312. The number of hydrogen-bond donors (Lipinski definition) is 1. The SMILES string of the molecule is CCNCc1ccn(Cc2ccc(C(=O)OC)cc2)c1. The monoisotopic (exact) mass is 272 g/mol. The molecule has 106 valence electrons. The maximum absolute atomic E-state index is 11.4. The van der Waals surface area contributed by atoms with Crippen LogP contribution in [-0.2, 0) is 17.8 Å². The van der Waals surface area contributed by atoms with Gasteiger partial charge in [0.15, 0.2) is 0 Å². The van der Waals surface area contributed by atoms with Crippen molar-refractivity contribution in [2.75, 3.05) is 13.7 Å². The second kappa shape index (κ2) is 6.91. The van der Waals surface area contributed by atoms with Crippen molar-refractivity contribution in [2.45, 2.75) is 20.0 Å². The fourth-order valence-corrected chi connectivity index (χ4v) is 2.04. The smallest absolute Gasteiger partial charge is 0.337 e. The lowest BCUT2D eigenvalue weighted by molar-refractivity contribution is 0.0600. The molecule has 0 amide bonds. The van der Waals surface area contributed by atoms with E-state index in [4.69, 9.17) is 0 Å². The summed E-state index contributed by atoms with van der Waals surface area (Å²) in [5, 5.41) is 3.30. The maximum atomic E-state index is 11.4. The Kier molecular flexibility index (Phi) is 4.96. The van der Waals surface area contributed by atoms with Gasteiger partial charge in [0.2, 0.25) is 0 Å². The normalized spacial score (nSPS) is 10.5. The molecular weight excluding hydrogens is 252 g/mol. The third-order valence-corrected chi connectivity index (χ3v) is 3.13. The molecule has 1 heterocycles. The number of ether oxygens (including phenoxy) is 1. The van der Waals surface area contributed by atoms with Gasteiger partial charge >= 0.3 is 5.97 Å². The van der Waals surface area contributed by atoms with Gasteiger partial charge in [-0.3, -0.25) is 0 Å². The molecular formula is C16H20N2O2. The molecule has 0 saturated heterocycles. The molecule has 0 spiro atoms. The van der Waals surface area contributed by atoms with Crippen molar-refractivity contribution in [3.05, 3.63) is 59.4 Å². The van der Waals surface area contributed by atoms with Crippen LogP contribution in [0.15, 0.2) is 42.7 Å². The van der Waals surface area contributed by atoms with Gasteiger partial charge in [-0.2, -0.15) is 0 Å². The van der Waals surface area contributed by atoms with Gasteiger partial charge < -0.3 is 14.6 Å². The largest absolute Gasteiger partial charge is 0.465 e. The Hall–Kier alpha value is -2.07. The van der Waals surface area contributed by atoms with Crippen LogP contribution in [0.5, 0.6) is 0 Å². The average molecular weight is 272 g/mol. The summed E-state index contributed by atoms with van der Waals surface area (Å²) < 4.78 is 6.82. The zero-order chi connectivity index (χ0) is 14.4. The maximum Gasteiger partial charge on any atom is 0.337 e. The molecule has 0 fully saturated rings. The number of hydrogen-bond acceptors (Lipinski definition) is 3. The van der Waals surface area contributed by atoms with Gasteiger partial charge in [-0.15, -0.1) is 0 Å². The average Bonchev–Trinajstić information content (AvgIpc) is 2.92. The summed E-state index contributed by atoms with van der Waals surface area (Å²) in [7, 11) is 1.39. The van der Waals surface area contributed by atoms with Crippen LogP contribution in [0, 0.1) is 0 Å². The molecule has 0 aliphatic rings. The third-order valence-electron chi connectivity index (χ3n) is 3.13. The first kappa shape index (κ1) is 14.3. The second-order valence-electron chi connectivity index (χ2n) is 4.66. The highest BCUT2D eigenvalue weighted by atomic mass is 16.5. The Labute approximate surface area is 119 Å². The fourth-order valence-electron chi connectivity index (χ4n) is 2.04. The molecule has 0 unspecified atom stereocenters. The minimum Gasteiger partial charge on any atom is -0.465 e. The molecule has 20 heavy (non-hydrogen) atoms. The van der Waals surface area contributed by atoms with E-state index in [1.165, 1.54) is 12.7 Å². The third kappa shape index (κ3) is 3.71. The van der Waals surface area contributed by atoms with E-state index in [1.54, 1.807) is 12.1 Å². The number of esters is 1. The zero-order valence-corrected chi connectivity index (χ0v) is 11.9. The summed E-state index contributed by atoms with van der Waals surface area (Å²) in [6.45, 7) is 4.76. The Morgan fingerprint density at radius 3 is 2.60 bits per heavy atom. The number of carbonyl (C=O) groups is 1. The molecule has 0 saturated carbocycles. The van der Waals surface area contributed by atoms with E-state index in [9.17, 15) is 4.79 Å². The summed E-state index contributed by atoms with van der Waals surface area (Å²) in [4.78, 5) is 11.4. The van der Waals surface area contributed by atoms with Gasteiger partial charge in [-0.25, -0.2) is 4.79 Å². The lowest BCUT2D eigenvalue weighted by atomic mass is 10.1. The Bertz CT molecular complexity index is 558. The Morgan fingerprint density at radius 1 is 1.20 bits per heavy atom. The minimum atomic E-state index is -0.301. The van der Waals surface area contributed by atoms with Crippen LogP contribution < -0.4 is 5.32 Å². The molecule has 0 aliphatic carbocycles. The van der Waals surface area contributed by atoms with Crippen LogP contribution in [0.2, 0.25) is 0 Å². The van der Waals surface area contributed by atoms with Crippen LogP contribution in [0.4, 0.5) is 0 Å². The van der Waals surface area contributed by atoms with Gasteiger partial charge in [0.25, 0.3) is 0 Å². The molecule has 0 bridgehead atoms. The van der Waals surface area contributed by atoms with Gasteiger partial charge in [-0.05, 0) is 35.9 Å². The first-order chi connectivity index (χ1) is 9.72. The quantitative estimate of drug-likeness (QED) is 0.821. The van der Waals surface area contributed by atoms with E-state index >= 15 is 0 Å². The summed E-state index contributed by atoms with van der Waals surface area (Å²) in [6, 6.07) is 9.62. The lowest BCUT2D eigenvalue weighted by Crippen LogP contribution is -2.11. The first-order valence-electron chi connectivity index (χ1n) is 6.75. The van der Waals surface area contributed by atoms with Crippen molar-refractivity contribution in [3.8, 4) is 0 Å². The summed E-state index contributed by atoms with van der Waals surface area (Å²) in [6.07, 6.45) is 4.21. The molecule has 4 nitrogen and oxygen atoms in total. The van der Waals surface area contributed by atoms with Gasteiger partial charge in [-0.1, -0.05) is 19.1 Å². The number of benzene rings is 1. The van der Waals surface area contributed by atoms with E-state index in [1.807, 2.05) is 12.1 Å².